The molecule has 24 heavy (non-hydrogen) atoms. The summed E-state index contributed by atoms with van der Waals surface area (Å²) < 4.78 is 5.16. The zero-order valence-electron chi connectivity index (χ0n) is 13.8. The van der Waals surface area contributed by atoms with Gasteiger partial charge in [-0.2, -0.15) is 0 Å². The molecule has 0 unspecified atom stereocenters. The predicted molar refractivity (Wildman–Crippen MR) is 99.0 cm³/mol. The number of benzene rings is 2. The van der Waals surface area contributed by atoms with Crippen molar-refractivity contribution in [2.75, 3.05) is 7.11 Å². The molecule has 128 valence electrons. The van der Waals surface area contributed by atoms with Crippen LogP contribution in [0.1, 0.15) is 36.9 Å². The normalized spacial score (nSPS) is 11.8. The van der Waals surface area contributed by atoms with Crippen molar-refractivity contribution in [3.8, 4) is 5.75 Å². The Kier molecular flexibility index (Phi) is 6.95. The smallest absolute Gasteiger partial charge is 0.220 e. The minimum absolute atomic E-state index is 0.00258. The van der Waals surface area contributed by atoms with Gasteiger partial charge in [0.25, 0.3) is 0 Å². The van der Waals surface area contributed by atoms with Crippen LogP contribution in [-0.4, -0.2) is 13.0 Å². The molecule has 0 fully saturated rings. The van der Waals surface area contributed by atoms with Crippen LogP contribution in [0.3, 0.4) is 0 Å². The van der Waals surface area contributed by atoms with E-state index in [2.05, 4.69) is 5.32 Å². The number of aryl methyl sites for hydroxylation is 1. The van der Waals surface area contributed by atoms with Crippen molar-refractivity contribution >= 4 is 29.1 Å². The Hall–Kier alpha value is -1.71. The third kappa shape index (κ3) is 5.15. The molecule has 2 rings (SSSR count). The molecule has 1 N–H and O–H groups in total. The molecule has 0 spiro atoms. The van der Waals surface area contributed by atoms with E-state index in [4.69, 9.17) is 27.9 Å². The van der Waals surface area contributed by atoms with Gasteiger partial charge in [0.15, 0.2) is 0 Å². The van der Waals surface area contributed by atoms with E-state index in [1.165, 1.54) is 0 Å². The van der Waals surface area contributed by atoms with E-state index < -0.39 is 0 Å². The largest absolute Gasteiger partial charge is 0.497 e. The highest BCUT2D eigenvalue weighted by Crippen LogP contribution is 2.23. The highest BCUT2D eigenvalue weighted by molar-refractivity contribution is 6.42. The molecule has 0 aromatic heterocycles. The number of carbonyl (C=O) groups excluding carboxylic acids is 1. The van der Waals surface area contributed by atoms with Gasteiger partial charge in [-0.25, -0.2) is 0 Å². The van der Waals surface area contributed by atoms with E-state index in [1.54, 1.807) is 19.2 Å². The molecule has 0 saturated carbocycles. The van der Waals surface area contributed by atoms with Crippen molar-refractivity contribution in [3.63, 3.8) is 0 Å². The minimum Gasteiger partial charge on any atom is -0.497 e. The van der Waals surface area contributed by atoms with Gasteiger partial charge in [0.2, 0.25) is 5.91 Å². The van der Waals surface area contributed by atoms with E-state index in [-0.39, 0.29) is 11.9 Å². The van der Waals surface area contributed by atoms with E-state index >= 15 is 0 Å². The highest BCUT2D eigenvalue weighted by Gasteiger charge is 2.13. The molecule has 0 aliphatic carbocycles. The fourth-order valence-electron chi connectivity index (χ4n) is 2.48. The fraction of sp³-hybridized carbons (Fsp3) is 0.316. The van der Waals surface area contributed by atoms with Crippen LogP contribution in [0.4, 0.5) is 0 Å². The zero-order chi connectivity index (χ0) is 17.5. The van der Waals surface area contributed by atoms with Crippen molar-refractivity contribution in [1.29, 1.82) is 0 Å². The molecule has 0 heterocycles. The quantitative estimate of drug-likeness (QED) is 0.731. The lowest BCUT2D eigenvalue weighted by Crippen LogP contribution is -2.28. The minimum atomic E-state index is -0.00258. The molecule has 0 radical (unpaired) electrons. The van der Waals surface area contributed by atoms with Gasteiger partial charge < -0.3 is 10.1 Å². The molecule has 3 nitrogen and oxygen atoms in total. The Morgan fingerprint density at radius 1 is 1.12 bits per heavy atom. The Morgan fingerprint density at radius 3 is 2.42 bits per heavy atom. The number of amides is 1. The maximum atomic E-state index is 12.2. The number of hydrogen-bond acceptors (Lipinski definition) is 2. The summed E-state index contributed by atoms with van der Waals surface area (Å²) in [5.74, 6) is 0.822. The highest BCUT2D eigenvalue weighted by atomic mass is 35.5. The number of halogens is 2. The van der Waals surface area contributed by atoms with E-state index in [0.29, 0.717) is 22.9 Å². The second-order valence-electron chi connectivity index (χ2n) is 5.55. The standard InChI is InChI=1S/C19H21Cl2NO2/c1-3-18(14-6-8-15(24-2)9-7-14)22-19(23)11-5-13-4-10-16(20)17(21)12-13/h4,6-10,12,18H,3,5,11H2,1-2H3,(H,22,23)/t18-/m0/s1. The number of rotatable bonds is 7. The Labute approximate surface area is 152 Å². The molecule has 0 aliphatic rings. The van der Waals surface area contributed by atoms with Crippen LogP contribution in [0.5, 0.6) is 5.75 Å². The lowest BCUT2D eigenvalue weighted by molar-refractivity contribution is -0.121. The summed E-state index contributed by atoms with van der Waals surface area (Å²) >= 11 is 11.9. The molecular weight excluding hydrogens is 345 g/mol. The van der Waals surface area contributed by atoms with Gasteiger partial charge in [-0.1, -0.05) is 48.3 Å². The maximum absolute atomic E-state index is 12.2. The first-order valence-corrected chi connectivity index (χ1v) is 8.66. The topological polar surface area (TPSA) is 38.3 Å². The number of nitrogens with one attached hydrogen (secondary N) is 1. The molecule has 0 aliphatic heterocycles. The summed E-state index contributed by atoms with van der Waals surface area (Å²) in [6.07, 6.45) is 1.86. The lowest BCUT2D eigenvalue weighted by atomic mass is 10.0. The van der Waals surface area contributed by atoms with Crippen LogP contribution in [0.15, 0.2) is 42.5 Å². The van der Waals surface area contributed by atoms with Crippen molar-refractivity contribution in [2.45, 2.75) is 32.2 Å². The van der Waals surface area contributed by atoms with Crippen molar-refractivity contribution in [3.05, 3.63) is 63.6 Å². The fourth-order valence-corrected chi connectivity index (χ4v) is 2.80. The van der Waals surface area contributed by atoms with Gasteiger partial charge in [-0.05, 0) is 48.2 Å². The van der Waals surface area contributed by atoms with Gasteiger partial charge in [0.05, 0.1) is 23.2 Å². The molecular formula is C19H21Cl2NO2. The first-order chi connectivity index (χ1) is 11.5. The van der Waals surface area contributed by atoms with Crippen molar-refractivity contribution in [2.24, 2.45) is 0 Å². The predicted octanol–water partition coefficient (Wildman–Crippen LogP) is 5.20. The van der Waals surface area contributed by atoms with Gasteiger partial charge >= 0.3 is 0 Å². The van der Waals surface area contributed by atoms with Crippen LogP contribution in [0.25, 0.3) is 0 Å². The van der Waals surface area contributed by atoms with E-state index in [0.717, 1.165) is 23.3 Å². The third-order valence-electron chi connectivity index (χ3n) is 3.89. The van der Waals surface area contributed by atoms with Crippen LogP contribution in [0, 0.1) is 0 Å². The molecule has 1 atom stereocenters. The maximum Gasteiger partial charge on any atom is 0.220 e. The average Bonchev–Trinajstić information content (AvgIpc) is 2.61. The SMILES string of the molecule is CC[C@H](NC(=O)CCc1ccc(Cl)c(Cl)c1)c1ccc(OC)cc1. The number of ether oxygens (including phenoxy) is 1. The number of carbonyl (C=O) groups is 1. The van der Waals surface area contributed by atoms with Crippen LogP contribution < -0.4 is 10.1 Å². The first-order valence-electron chi connectivity index (χ1n) is 7.90. The van der Waals surface area contributed by atoms with E-state index in [1.807, 2.05) is 37.3 Å². The zero-order valence-corrected chi connectivity index (χ0v) is 15.3. The number of methoxy groups -OCH3 is 1. The average molecular weight is 366 g/mol. The Balaban J connectivity index is 1.92. The van der Waals surface area contributed by atoms with Crippen LogP contribution >= 0.6 is 23.2 Å². The molecule has 2 aromatic carbocycles. The van der Waals surface area contributed by atoms with Crippen LogP contribution in [-0.2, 0) is 11.2 Å². The summed E-state index contributed by atoms with van der Waals surface area (Å²) in [7, 11) is 1.64. The van der Waals surface area contributed by atoms with Gasteiger partial charge in [-0.15, -0.1) is 0 Å². The molecule has 5 heteroatoms. The van der Waals surface area contributed by atoms with E-state index in [9.17, 15) is 4.79 Å². The summed E-state index contributed by atoms with van der Waals surface area (Å²) in [4.78, 5) is 12.2. The summed E-state index contributed by atoms with van der Waals surface area (Å²) in [5, 5.41) is 4.11. The van der Waals surface area contributed by atoms with Crippen molar-refractivity contribution < 1.29 is 9.53 Å². The first kappa shape index (κ1) is 18.6. The third-order valence-corrected chi connectivity index (χ3v) is 4.63. The second-order valence-corrected chi connectivity index (χ2v) is 6.36. The molecule has 1 amide bonds. The molecule has 0 bridgehead atoms. The Bertz CT molecular complexity index is 686. The summed E-state index contributed by atoms with van der Waals surface area (Å²) in [5.41, 5.74) is 2.07. The van der Waals surface area contributed by atoms with Gasteiger partial charge in [0, 0.05) is 6.42 Å². The number of hydrogen-bond donors (Lipinski definition) is 1. The summed E-state index contributed by atoms with van der Waals surface area (Å²) in [6.45, 7) is 2.05. The van der Waals surface area contributed by atoms with Gasteiger partial charge in [-0.3, -0.25) is 4.79 Å². The Morgan fingerprint density at radius 2 is 1.83 bits per heavy atom. The van der Waals surface area contributed by atoms with Crippen molar-refractivity contribution in [1.82, 2.24) is 5.32 Å². The van der Waals surface area contributed by atoms with Crippen LogP contribution in [0.2, 0.25) is 10.0 Å². The lowest BCUT2D eigenvalue weighted by Gasteiger charge is -2.18. The monoisotopic (exact) mass is 365 g/mol. The van der Waals surface area contributed by atoms with Gasteiger partial charge in [0.1, 0.15) is 5.75 Å². The second kappa shape index (κ2) is 8.95. The molecule has 2 aromatic rings. The summed E-state index contributed by atoms with van der Waals surface area (Å²) in [6, 6.07) is 13.2. The molecule has 0 saturated heterocycles.